The van der Waals surface area contributed by atoms with E-state index in [4.69, 9.17) is 9.47 Å². The van der Waals surface area contributed by atoms with E-state index in [0.29, 0.717) is 24.0 Å². The van der Waals surface area contributed by atoms with Crippen LogP contribution in [-0.4, -0.2) is 29.9 Å². The lowest BCUT2D eigenvalue weighted by atomic mass is 9.84. The van der Waals surface area contributed by atoms with Crippen LogP contribution in [0, 0.1) is 5.92 Å². The lowest BCUT2D eigenvalue weighted by molar-refractivity contribution is -0.116. The van der Waals surface area contributed by atoms with Crippen LogP contribution in [0.5, 0.6) is 11.5 Å². The first-order valence-electron chi connectivity index (χ1n) is 9.66. The molecule has 3 heterocycles. The van der Waals surface area contributed by atoms with Crippen molar-refractivity contribution in [2.75, 3.05) is 24.8 Å². The molecule has 1 aromatic heterocycles. The number of fused-ring (bicyclic) bond motifs is 5. The van der Waals surface area contributed by atoms with Gasteiger partial charge in [0, 0.05) is 28.0 Å². The van der Waals surface area contributed by atoms with Gasteiger partial charge < -0.3 is 14.8 Å². The van der Waals surface area contributed by atoms with Crippen molar-refractivity contribution < 1.29 is 14.3 Å². The largest absolute Gasteiger partial charge is 0.495 e. The van der Waals surface area contributed by atoms with Gasteiger partial charge in [-0.05, 0) is 18.2 Å². The van der Waals surface area contributed by atoms with E-state index in [-0.39, 0.29) is 23.2 Å². The average Bonchev–Trinajstić information content (AvgIpc) is 3.09. The molecule has 5 rings (SSSR count). The number of nitrogens with zero attached hydrogens (tertiary/aromatic N) is 1. The highest BCUT2D eigenvalue weighted by Crippen LogP contribution is 2.50. The molecule has 0 saturated carbocycles. The van der Waals surface area contributed by atoms with E-state index >= 15 is 0 Å². The van der Waals surface area contributed by atoms with Gasteiger partial charge in [-0.25, -0.2) is 0 Å². The summed E-state index contributed by atoms with van der Waals surface area (Å²) in [7, 11) is 1.56. The number of thioether (sulfide) groups is 1. The summed E-state index contributed by atoms with van der Waals surface area (Å²) >= 11 is 2.89. The van der Waals surface area contributed by atoms with Gasteiger partial charge in [-0.1, -0.05) is 41.7 Å². The van der Waals surface area contributed by atoms with Crippen LogP contribution in [-0.2, 0) is 11.3 Å². The molecule has 0 aliphatic carbocycles. The molecule has 0 radical (unpaired) electrons. The number of methoxy groups -OCH3 is 1. The molecule has 2 aromatic carbocycles. The van der Waals surface area contributed by atoms with E-state index in [2.05, 4.69) is 11.4 Å². The number of anilines is 1. The predicted molar refractivity (Wildman–Crippen MR) is 118 cm³/mol. The molecular formula is C22H20N2O4S2. The van der Waals surface area contributed by atoms with Crippen LogP contribution in [0.3, 0.4) is 0 Å². The van der Waals surface area contributed by atoms with Gasteiger partial charge in [-0.15, -0.1) is 11.8 Å². The molecule has 154 valence electrons. The number of amides is 1. The van der Waals surface area contributed by atoms with Crippen molar-refractivity contribution in [2.45, 2.75) is 17.5 Å². The monoisotopic (exact) mass is 440 g/mol. The second-order valence-corrected chi connectivity index (χ2v) is 9.27. The van der Waals surface area contributed by atoms with Crippen LogP contribution >= 0.6 is 23.1 Å². The Bertz CT molecular complexity index is 1170. The van der Waals surface area contributed by atoms with E-state index in [1.807, 2.05) is 30.3 Å². The number of nitrogens with one attached hydrogen (secondary N) is 1. The van der Waals surface area contributed by atoms with Gasteiger partial charge >= 0.3 is 4.87 Å². The minimum atomic E-state index is -0.252. The highest BCUT2D eigenvalue weighted by Gasteiger charge is 2.39. The quantitative estimate of drug-likeness (QED) is 0.668. The fraction of sp³-hybridized carbons (Fsp3) is 0.273. The molecule has 0 unspecified atom stereocenters. The van der Waals surface area contributed by atoms with E-state index in [1.54, 1.807) is 35.6 Å². The zero-order valence-electron chi connectivity index (χ0n) is 16.3. The summed E-state index contributed by atoms with van der Waals surface area (Å²) in [5.74, 6) is 2.54. The smallest absolute Gasteiger partial charge is 0.308 e. The number of hydrogen-bond acceptors (Lipinski definition) is 6. The molecule has 2 aliphatic rings. The van der Waals surface area contributed by atoms with Crippen molar-refractivity contribution in [1.29, 1.82) is 0 Å². The molecule has 30 heavy (non-hydrogen) atoms. The Morgan fingerprint density at radius 2 is 2.03 bits per heavy atom. The minimum Gasteiger partial charge on any atom is -0.495 e. The number of hydrogen-bond donors (Lipinski definition) is 1. The number of benzene rings is 2. The predicted octanol–water partition coefficient (Wildman–Crippen LogP) is 3.80. The molecule has 2 aliphatic heterocycles. The van der Waals surface area contributed by atoms with Crippen molar-refractivity contribution in [1.82, 2.24) is 4.57 Å². The minimum absolute atomic E-state index is 0.0226. The van der Waals surface area contributed by atoms with Crippen LogP contribution in [0.4, 0.5) is 5.69 Å². The maximum Gasteiger partial charge on any atom is 0.308 e. The molecule has 6 nitrogen and oxygen atoms in total. The summed E-state index contributed by atoms with van der Waals surface area (Å²) < 4.78 is 12.8. The number of rotatable bonds is 4. The molecule has 0 spiro atoms. The van der Waals surface area contributed by atoms with Crippen molar-refractivity contribution in [3.05, 3.63) is 68.6 Å². The number of ether oxygens (including phenoxy) is 2. The lowest BCUT2D eigenvalue weighted by Crippen LogP contribution is -2.31. The zero-order chi connectivity index (χ0) is 20.7. The summed E-state index contributed by atoms with van der Waals surface area (Å²) in [4.78, 5) is 26.5. The average molecular weight is 441 g/mol. The summed E-state index contributed by atoms with van der Waals surface area (Å²) in [6.45, 7) is 0.625. The number of aromatic nitrogens is 1. The summed E-state index contributed by atoms with van der Waals surface area (Å²) in [6, 6.07) is 15.3. The second kappa shape index (κ2) is 7.85. The first-order valence-corrected chi connectivity index (χ1v) is 11.5. The maximum atomic E-state index is 12.8. The van der Waals surface area contributed by atoms with Gasteiger partial charge in [-0.2, -0.15) is 0 Å². The van der Waals surface area contributed by atoms with Crippen LogP contribution in [0.15, 0.2) is 58.4 Å². The fourth-order valence-electron chi connectivity index (χ4n) is 4.07. The van der Waals surface area contributed by atoms with Crippen molar-refractivity contribution in [3.8, 4) is 11.5 Å². The number of carbonyl (C=O) groups is 1. The molecular weight excluding hydrogens is 420 g/mol. The van der Waals surface area contributed by atoms with Crippen LogP contribution in [0.25, 0.3) is 0 Å². The first-order chi connectivity index (χ1) is 14.7. The van der Waals surface area contributed by atoms with Gasteiger partial charge in [0.05, 0.1) is 24.4 Å². The molecule has 8 heteroatoms. The summed E-state index contributed by atoms with van der Waals surface area (Å²) in [6.07, 6.45) is 0. The highest BCUT2D eigenvalue weighted by molar-refractivity contribution is 7.99. The Kier molecular flexibility index (Phi) is 5.04. The lowest BCUT2D eigenvalue weighted by Gasteiger charge is -2.36. The number of carbonyl (C=O) groups excluding carboxylic acids is 1. The van der Waals surface area contributed by atoms with E-state index in [9.17, 15) is 9.59 Å². The van der Waals surface area contributed by atoms with Gasteiger partial charge in [0.2, 0.25) is 5.91 Å². The van der Waals surface area contributed by atoms with Crippen molar-refractivity contribution in [3.63, 3.8) is 0 Å². The first kappa shape index (κ1) is 19.3. The molecule has 1 amide bonds. The normalized spacial score (nSPS) is 19.1. The molecule has 0 saturated heterocycles. The number of thiazole rings is 1. The third kappa shape index (κ3) is 3.30. The Morgan fingerprint density at radius 1 is 1.23 bits per heavy atom. The maximum absolute atomic E-state index is 12.8. The van der Waals surface area contributed by atoms with Gasteiger partial charge in [0.25, 0.3) is 0 Å². The highest BCUT2D eigenvalue weighted by atomic mass is 32.2. The molecule has 3 aromatic rings. The summed E-state index contributed by atoms with van der Waals surface area (Å²) in [5, 5.41) is 3.76. The SMILES string of the molecule is COc1ccccc1NC(=O)Cn1c2c(sc1=O)[C@H]1c3ccccc3OC[C@H]1CS2. The van der Waals surface area contributed by atoms with Crippen LogP contribution in [0.2, 0.25) is 0 Å². The zero-order valence-corrected chi connectivity index (χ0v) is 17.9. The standard InChI is InChI=1S/C22H20N2O4S2/c1-27-17-9-5-3-7-15(17)23-18(25)10-24-21-20(30-22(24)26)19-13(12-29-21)11-28-16-8-4-2-6-14(16)19/h2-9,13,19H,10-12H2,1H3,(H,23,25)/t13-,19+/m0/s1. The van der Waals surface area contributed by atoms with Crippen LogP contribution in [0.1, 0.15) is 16.4 Å². The van der Waals surface area contributed by atoms with E-state index in [0.717, 1.165) is 27.0 Å². The third-order valence-corrected chi connectivity index (χ3v) is 7.95. The molecule has 2 atom stereocenters. The van der Waals surface area contributed by atoms with E-state index < -0.39 is 0 Å². The second-order valence-electron chi connectivity index (χ2n) is 7.27. The fourth-order valence-corrected chi connectivity index (χ4v) is 6.76. The molecule has 1 N–H and O–H groups in total. The Balaban J connectivity index is 1.45. The Hall–Kier alpha value is -2.71. The Labute approximate surface area is 181 Å². The topological polar surface area (TPSA) is 69.6 Å². The van der Waals surface area contributed by atoms with Gasteiger partial charge in [0.15, 0.2) is 0 Å². The molecule has 0 fully saturated rings. The Morgan fingerprint density at radius 3 is 2.90 bits per heavy atom. The van der Waals surface area contributed by atoms with Crippen molar-refractivity contribution in [2.24, 2.45) is 5.92 Å². The third-order valence-electron chi connectivity index (χ3n) is 5.45. The summed E-state index contributed by atoms with van der Waals surface area (Å²) in [5.41, 5.74) is 1.72. The van der Waals surface area contributed by atoms with Gasteiger partial charge in [0.1, 0.15) is 18.0 Å². The van der Waals surface area contributed by atoms with E-state index in [1.165, 1.54) is 11.3 Å². The number of para-hydroxylation sites is 3. The molecule has 0 bridgehead atoms. The van der Waals surface area contributed by atoms with Gasteiger partial charge in [-0.3, -0.25) is 14.2 Å². The van der Waals surface area contributed by atoms with Crippen molar-refractivity contribution >= 4 is 34.7 Å². The van der Waals surface area contributed by atoms with Crippen LogP contribution < -0.4 is 19.7 Å².